The molecule has 2 aromatic heterocycles. The molecule has 10 rings (SSSR count). The summed E-state index contributed by atoms with van der Waals surface area (Å²) in [4.78, 5) is 14.7. The molecule has 0 spiro atoms. The van der Waals surface area contributed by atoms with Crippen molar-refractivity contribution < 1.29 is 9.47 Å². The van der Waals surface area contributed by atoms with E-state index in [0.29, 0.717) is 28.8 Å². The van der Waals surface area contributed by atoms with Crippen LogP contribution in [0.3, 0.4) is 0 Å². The molecule has 264 valence electrons. The molecule has 0 bridgehead atoms. The van der Waals surface area contributed by atoms with Crippen LogP contribution in [0.1, 0.15) is 0 Å². The van der Waals surface area contributed by atoms with Crippen molar-refractivity contribution in [3.8, 4) is 101 Å². The second-order valence-electron chi connectivity index (χ2n) is 13.7. The largest absolute Gasteiger partial charge is 0.450 e. The third kappa shape index (κ3) is 6.59. The zero-order chi connectivity index (χ0) is 37.3. The van der Waals surface area contributed by atoms with Gasteiger partial charge in [-0.2, -0.15) is 0 Å². The summed E-state index contributed by atoms with van der Waals surface area (Å²) >= 11 is 0. The van der Waals surface area contributed by atoms with Crippen LogP contribution in [-0.4, -0.2) is 15.0 Å². The van der Waals surface area contributed by atoms with Crippen LogP contribution in [0, 0.1) is 0 Å². The summed E-state index contributed by atoms with van der Waals surface area (Å²) in [5, 5.41) is 0. The van der Waals surface area contributed by atoms with Crippen LogP contribution in [0.5, 0.6) is 23.0 Å². The molecule has 5 heteroatoms. The van der Waals surface area contributed by atoms with Crippen LogP contribution < -0.4 is 9.47 Å². The molecule has 1 aliphatic rings. The summed E-state index contributed by atoms with van der Waals surface area (Å²) in [7, 11) is 0. The lowest BCUT2D eigenvalue weighted by molar-refractivity contribution is 0.360. The number of aromatic nitrogens is 3. The van der Waals surface area contributed by atoms with Gasteiger partial charge < -0.3 is 9.47 Å². The van der Waals surface area contributed by atoms with Gasteiger partial charge in [0.15, 0.2) is 28.8 Å². The van der Waals surface area contributed by atoms with Gasteiger partial charge in [0.1, 0.15) is 0 Å². The lowest BCUT2D eigenvalue weighted by Crippen LogP contribution is -1.99. The first-order valence-electron chi connectivity index (χ1n) is 18.6. The molecular formula is C51H33N3O2. The summed E-state index contributed by atoms with van der Waals surface area (Å²) in [5.41, 5.74) is 13.3. The molecule has 5 nitrogen and oxygen atoms in total. The van der Waals surface area contributed by atoms with E-state index in [1.54, 1.807) is 6.20 Å². The van der Waals surface area contributed by atoms with Crippen molar-refractivity contribution in [1.29, 1.82) is 0 Å². The highest BCUT2D eigenvalue weighted by atomic mass is 16.6. The van der Waals surface area contributed by atoms with Crippen molar-refractivity contribution in [2.24, 2.45) is 0 Å². The minimum Gasteiger partial charge on any atom is -0.450 e. The summed E-state index contributed by atoms with van der Waals surface area (Å²) in [6, 6.07) is 64.4. The molecular weight excluding hydrogens is 687 g/mol. The zero-order valence-electron chi connectivity index (χ0n) is 30.2. The third-order valence-electron chi connectivity index (χ3n) is 10.1. The van der Waals surface area contributed by atoms with Gasteiger partial charge in [-0.05, 0) is 99.1 Å². The Bertz CT molecular complexity index is 2820. The van der Waals surface area contributed by atoms with E-state index in [-0.39, 0.29) is 0 Å². The molecule has 0 aliphatic carbocycles. The average molecular weight is 720 g/mol. The highest BCUT2D eigenvalue weighted by Crippen LogP contribution is 2.47. The Balaban J connectivity index is 1.11. The lowest BCUT2D eigenvalue weighted by Gasteiger charge is -2.21. The Morgan fingerprint density at radius 2 is 0.750 bits per heavy atom. The van der Waals surface area contributed by atoms with Gasteiger partial charge in [-0.3, -0.25) is 4.98 Å². The van der Waals surface area contributed by atoms with E-state index < -0.39 is 0 Å². The van der Waals surface area contributed by atoms with Crippen LogP contribution in [0.15, 0.2) is 200 Å². The summed E-state index contributed by atoms with van der Waals surface area (Å²) in [6.07, 6.45) is 3.68. The Hall–Kier alpha value is -7.63. The monoisotopic (exact) mass is 719 g/mol. The van der Waals surface area contributed by atoms with Crippen LogP contribution in [-0.2, 0) is 0 Å². The van der Waals surface area contributed by atoms with Gasteiger partial charge in [-0.15, -0.1) is 0 Å². The fourth-order valence-corrected chi connectivity index (χ4v) is 7.13. The van der Waals surface area contributed by atoms with E-state index >= 15 is 0 Å². The van der Waals surface area contributed by atoms with Gasteiger partial charge in [-0.1, -0.05) is 133 Å². The first kappa shape index (κ1) is 33.0. The Kier molecular flexibility index (Phi) is 8.43. The molecule has 1 aliphatic heterocycles. The molecule has 9 aromatic rings. The maximum atomic E-state index is 6.34. The highest BCUT2D eigenvalue weighted by Gasteiger charge is 2.20. The molecule has 0 radical (unpaired) electrons. The number of benzene rings is 7. The fraction of sp³-hybridized carbons (Fsp3) is 0. The third-order valence-corrected chi connectivity index (χ3v) is 10.1. The SMILES string of the molecule is c1ccc(-c2ccc(-c3cc(-c4cc(-c5ccc(-c6cccnc6)cc5)cc(-c5ccc6c(c5)Oc5ccccc5O6)c4)nc(-c4ccccc4)n3)cc2)cc1. The summed E-state index contributed by atoms with van der Waals surface area (Å²) in [6.45, 7) is 0. The Labute approximate surface area is 325 Å². The second-order valence-corrected chi connectivity index (χ2v) is 13.7. The highest BCUT2D eigenvalue weighted by molar-refractivity contribution is 5.84. The van der Waals surface area contributed by atoms with E-state index in [0.717, 1.165) is 67.0 Å². The second kappa shape index (κ2) is 14.3. The summed E-state index contributed by atoms with van der Waals surface area (Å²) in [5.74, 6) is 3.41. The number of rotatable bonds is 7. The molecule has 0 N–H and O–H groups in total. The number of nitrogens with zero attached hydrogens (tertiary/aromatic N) is 3. The predicted molar refractivity (Wildman–Crippen MR) is 224 cm³/mol. The molecule has 0 amide bonds. The number of pyridine rings is 1. The van der Waals surface area contributed by atoms with E-state index in [9.17, 15) is 0 Å². The van der Waals surface area contributed by atoms with Crippen LogP contribution in [0.25, 0.3) is 78.4 Å². The molecule has 0 saturated carbocycles. The first-order valence-corrected chi connectivity index (χ1v) is 18.6. The number of hydrogen-bond donors (Lipinski definition) is 0. The number of para-hydroxylation sites is 2. The predicted octanol–water partition coefficient (Wildman–Crippen LogP) is 13.4. The smallest absolute Gasteiger partial charge is 0.170 e. The minimum atomic E-state index is 0.663. The van der Waals surface area contributed by atoms with Crippen molar-refractivity contribution in [1.82, 2.24) is 15.0 Å². The summed E-state index contributed by atoms with van der Waals surface area (Å²) < 4.78 is 12.5. The minimum absolute atomic E-state index is 0.663. The first-order chi connectivity index (χ1) is 27.7. The topological polar surface area (TPSA) is 57.1 Å². The van der Waals surface area contributed by atoms with Gasteiger partial charge >= 0.3 is 0 Å². The molecule has 7 aromatic carbocycles. The van der Waals surface area contributed by atoms with Crippen molar-refractivity contribution in [2.75, 3.05) is 0 Å². The Morgan fingerprint density at radius 3 is 1.41 bits per heavy atom. The number of fused-ring (bicyclic) bond motifs is 2. The normalized spacial score (nSPS) is 11.5. The van der Waals surface area contributed by atoms with Gasteiger partial charge in [0.05, 0.1) is 11.4 Å². The van der Waals surface area contributed by atoms with Gasteiger partial charge in [0, 0.05) is 29.1 Å². The number of ether oxygens (including phenoxy) is 2. The molecule has 0 fully saturated rings. The maximum absolute atomic E-state index is 6.34. The molecule has 0 atom stereocenters. The fourth-order valence-electron chi connectivity index (χ4n) is 7.13. The van der Waals surface area contributed by atoms with Crippen molar-refractivity contribution in [3.05, 3.63) is 200 Å². The van der Waals surface area contributed by atoms with Crippen molar-refractivity contribution >= 4 is 0 Å². The van der Waals surface area contributed by atoms with Crippen molar-refractivity contribution in [3.63, 3.8) is 0 Å². The zero-order valence-corrected chi connectivity index (χ0v) is 30.2. The molecule has 56 heavy (non-hydrogen) atoms. The van der Waals surface area contributed by atoms with Crippen LogP contribution in [0.4, 0.5) is 0 Å². The standard InChI is InChI=1S/C51H33N3O2/c1-3-10-34(11-4-1)35-21-23-38(24-22-35)45-32-46(54-51(53-45)39-12-5-2-6-13-39)44-29-42(37-19-17-36(18-20-37)41-14-9-27-52-33-41)28-43(30-44)40-25-26-49-50(31-40)56-48-16-8-7-15-47(48)55-49/h1-33H. The van der Waals surface area contributed by atoms with Gasteiger partial charge in [-0.25, -0.2) is 9.97 Å². The van der Waals surface area contributed by atoms with Gasteiger partial charge in [0.2, 0.25) is 0 Å². The van der Waals surface area contributed by atoms with Crippen LogP contribution in [0.2, 0.25) is 0 Å². The number of hydrogen-bond acceptors (Lipinski definition) is 5. The van der Waals surface area contributed by atoms with E-state index in [4.69, 9.17) is 19.4 Å². The quantitative estimate of drug-likeness (QED) is 0.164. The molecule has 0 saturated heterocycles. The van der Waals surface area contributed by atoms with Crippen molar-refractivity contribution in [2.45, 2.75) is 0 Å². The van der Waals surface area contributed by atoms with E-state index in [1.165, 1.54) is 5.56 Å². The van der Waals surface area contributed by atoms with Gasteiger partial charge in [0.25, 0.3) is 0 Å². The Morgan fingerprint density at radius 1 is 0.286 bits per heavy atom. The molecule has 0 unspecified atom stereocenters. The molecule has 3 heterocycles. The average Bonchev–Trinajstić information content (AvgIpc) is 3.29. The van der Waals surface area contributed by atoms with E-state index in [2.05, 4.69) is 132 Å². The van der Waals surface area contributed by atoms with Crippen LogP contribution >= 0.6 is 0 Å². The van der Waals surface area contributed by atoms with E-state index in [1.807, 2.05) is 66.9 Å². The maximum Gasteiger partial charge on any atom is 0.170 e. The lowest BCUT2D eigenvalue weighted by atomic mass is 9.93.